The third kappa shape index (κ3) is 1.91. The van der Waals surface area contributed by atoms with Gasteiger partial charge in [0.2, 0.25) is 0 Å². The van der Waals surface area contributed by atoms with E-state index in [1.54, 1.807) is 43.0 Å². The smallest absolute Gasteiger partial charge is 0.194 e. The highest BCUT2D eigenvalue weighted by Gasteiger charge is 2.10. The van der Waals surface area contributed by atoms with Crippen molar-refractivity contribution in [3.05, 3.63) is 59.7 Å². The van der Waals surface area contributed by atoms with Crippen LogP contribution in [0.15, 0.2) is 43.0 Å². The van der Waals surface area contributed by atoms with Gasteiger partial charge in [-0.05, 0) is 30.7 Å². The second kappa shape index (κ2) is 4.00. The fourth-order valence-electron chi connectivity index (χ4n) is 1.38. The highest BCUT2D eigenvalue weighted by molar-refractivity contribution is 6.09. The minimum Gasteiger partial charge on any atom is -0.289 e. The molecular weight excluding hydrogens is 188 g/mol. The molecule has 0 saturated heterocycles. The minimum atomic E-state index is -0.0111. The van der Waals surface area contributed by atoms with E-state index in [-0.39, 0.29) is 5.78 Å². The summed E-state index contributed by atoms with van der Waals surface area (Å²) in [6, 6.07) is 5.24. The molecule has 0 unspecified atom stereocenters. The molecule has 0 aromatic carbocycles. The summed E-state index contributed by atoms with van der Waals surface area (Å²) in [6.07, 6.45) is 6.53. The van der Waals surface area contributed by atoms with Crippen molar-refractivity contribution in [1.29, 1.82) is 0 Å². The molecule has 74 valence electrons. The average Bonchev–Trinajstić information content (AvgIpc) is 2.30. The summed E-state index contributed by atoms with van der Waals surface area (Å²) in [4.78, 5) is 19.9. The predicted octanol–water partition coefficient (Wildman–Crippen LogP) is 2.02. The van der Waals surface area contributed by atoms with Crippen molar-refractivity contribution < 1.29 is 4.79 Å². The van der Waals surface area contributed by atoms with Gasteiger partial charge in [0.25, 0.3) is 0 Å². The first-order valence-corrected chi connectivity index (χ1v) is 4.64. The third-order valence-electron chi connectivity index (χ3n) is 2.19. The van der Waals surface area contributed by atoms with Crippen molar-refractivity contribution in [2.75, 3.05) is 0 Å². The van der Waals surface area contributed by atoms with E-state index in [1.807, 2.05) is 6.92 Å². The maximum atomic E-state index is 12.0. The molecule has 0 aliphatic rings. The fourth-order valence-corrected chi connectivity index (χ4v) is 1.38. The van der Waals surface area contributed by atoms with Crippen LogP contribution in [0, 0.1) is 6.92 Å². The molecule has 2 heterocycles. The fraction of sp³-hybridized carbons (Fsp3) is 0.0833. The van der Waals surface area contributed by atoms with Crippen LogP contribution in [0.3, 0.4) is 0 Å². The van der Waals surface area contributed by atoms with E-state index in [1.165, 1.54) is 0 Å². The second-order valence-corrected chi connectivity index (χ2v) is 3.26. The lowest BCUT2D eigenvalue weighted by atomic mass is 10.0. The Hall–Kier alpha value is -2.03. The maximum absolute atomic E-state index is 12.0. The molecule has 2 aromatic heterocycles. The highest BCUT2D eigenvalue weighted by Crippen LogP contribution is 2.11. The van der Waals surface area contributed by atoms with Crippen LogP contribution in [0.1, 0.15) is 21.5 Å². The van der Waals surface area contributed by atoms with E-state index >= 15 is 0 Å². The zero-order valence-electron chi connectivity index (χ0n) is 8.34. The summed E-state index contributed by atoms with van der Waals surface area (Å²) in [5, 5.41) is 0. The van der Waals surface area contributed by atoms with Gasteiger partial charge in [-0.15, -0.1) is 0 Å². The Balaban J connectivity index is 2.42. The number of aryl methyl sites for hydroxylation is 1. The minimum absolute atomic E-state index is 0.0111. The molecule has 15 heavy (non-hydrogen) atoms. The summed E-state index contributed by atoms with van der Waals surface area (Å²) in [6.45, 7) is 1.87. The van der Waals surface area contributed by atoms with Gasteiger partial charge in [-0.2, -0.15) is 0 Å². The number of ketones is 1. The molecule has 3 heteroatoms. The molecule has 0 spiro atoms. The molecule has 0 atom stereocenters. The number of carbonyl (C=O) groups is 1. The quantitative estimate of drug-likeness (QED) is 0.693. The zero-order chi connectivity index (χ0) is 10.7. The SMILES string of the molecule is Cc1cnccc1C(=O)c1cccnc1. The Morgan fingerprint density at radius 3 is 2.60 bits per heavy atom. The first-order valence-electron chi connectivity index (χ1n) is 4.64. The van der Waals surface area contributed by atoms with E-state index in [9.17, 15) is 4.79 Å². The predicted molar refractivity (Wildman–Crippen MR) is 56.6 cm³/mol. The summed E-state index contributed by atoms with van der Waals surface area (Å²) in [5.74, 6) is -0.0111. The van der Waals surface area contributed by atoms with Crippen LogP contribution < -0.4 is 0 Å². The first kappa shape index (κ1) is 9.52. The normalized spacial score (nSPS) is 9.93. The molecule has 0 bridgehead atoms. The van der Waals surface area contributed by atoms with Crippen LogP contribution in [-0.2, 0) is 0 Å². The van der Waals surface area contributed by atoms with Gasteiger partial charge in [0, 0.05) is 35.9 Å². The van der Waals surface area contributed by atoms with Crippen molar-refractivity contribution in [2.24, 2.45) is 0 Å². The number of nitrogens with zero attached hydrogens (tertiary/aromatic N) is 2. The van der Waals surface area contributed by atoms with Gasteiger partial charge in [-0.3, -0.25) is 14.8 Å². The van der Waals surface area contributed by atoms with E-state index < -0.39 is 0 Å². The summed E-state index contributed by atoms with van der Waals surface area (Å²) >= 11 is 0. The second-order valence-electron chi connectivity index (χ2n) is 3.26. The van der Waals surface area contributed by atoms with E-state index in [0.29, 0.717) is 11.1 Å². The lowest BCUT2D eigenvalue weighted by molar-refractivity contribution is 0.103. The Kier molecular flexibility index (Phi) is 2.54. The van der Waals surface area contributed by atoms with Gasteiger partial charge in [-0.1, -0.05) is 0 Å². The molecule has 0 radical (unpaired) electrons. The van der Waals surface area contributed by atoms with E-state index in [4.69, 9.17) is 0 Å². The topological polar surface area (TPSA) is 42.9 Å². The zero-order valence-corrected chi connectivity index (χ0v) is 8.34. The number of rotatable bonds is 2. The van der Waals surface area contributed by atoms with Crippen LogP contribution in [-0.4, -0.2) is 15.8 Å². The van der Waals surface area contributed by atoms with Crippen molar-refractivity contribution in [2.45, 2.75) is 6.92 Å². The van der Waals surface area contributed by atoms with Crippen LogP contribution in [0.5, 0.6) is 0 Å². The summed E-state index contributed by atoms with van der Waals surface area (Å²) in [7, 11) is 0. The molecule has 0 saturated carbocycles. The van der Waals surface area contributed by atoms with Gasteiger partial charge >= 0.3 is 0 Å². The van der Waals surface area contributed by atoms with Gasteiger partial charge in [-0.25, -0.2) is 0 Å². The first-order chi connectivity index (χ1) is 7.29. The van der Waals surface area contributed by atoms with Crippen LogP contribution in [0.4, 0.5) is 0 Å². The number of hydrogen-bond donors (Lipinski definition) is 0. The molecule has 2 rings (SSSR count). The van der Waals surface area contributed by atoms with Crippen molar-refractivity contribution in [3.8, 4) is 0 Å². The van der Waals surface area contributed by atoms with Crippen LogP contribution >= 0.6 is 0 Å². The van der Waals surface area contributed by atoms with Gasteiger partial charge in [0.15, 0.2) is 5.78 Å². The summed E-state index contributed by atoms with van der Waals surface area (Å²) < 4.78 is 0. The number of pyridine rings is 2. The number of hydrogen-bond acceptors (Lipinski definition) is 3. The lowest BCUT2D eigenvalue weighted by Gasteiger charge is -2.02. The molecule has 3 nitrogen and oxygen atoms in total. The summed E-state index contributed by atoms with van der Waals surface area (Å²) in [5.41, 5.74) is 2.16. The third-order valence-corrected chi connectivity index (χ3v) is 2.19. The number of aromatic nitrogens is 2. The van der Waals surface area contributed by atoms with Gasteiger partial charge < -0.3 is 0 Å². The molecule has 0 aliphatic carbocycles. The van der Waals surface area contributed by atoms with E-state index in [0.717, 1.165) is 5.56 Å². The Labute approximate surface area is 87.8 Å². The average molecular weight is 198 g/mol. The molecule has 2 aromatic rings. The monoisotopic (exact) mass is 198 g/mol. The van der Waals surface area contributed by atoms with Gasteiger partial charge in [0.1, 0.15) is 0 Å². The van der Waals surface area contributed by atoms with Crippen LogP contribution in [0.25, 0.3) is 0 Å². The highest BCUT2D eigenvalue weighted by atomic mass is 16.1. The van der Waals surface area contributed by atoms with Crippen molar-refractivity contribution in [3.63, 3.8) is 0 Å². The molecule has 0 fully saturated rings. The van der Waals surface area contributed by atoms with Crippen LogP contribution in [0.2, 0.25) is 0 Å². The van der Waals surface area contributed by atoms with E-state index in [2.05, 4.69) is 9.97 Å². The Morgan fingerprint density at radius 1 is 1.13 bits per heavy atom. The van der Waals surface area contributed by atoms with Crippen molar-refractivity contribution in [1.82, 2.24) is 9.97 Å². The number of carbonyl (C=O) groups excluding carboxylic acids is 1. The Bertz CT molecular complexity index is 480. The largest absolute Gasteiger partial charge is 0.289 e. The molecule has 0 aliphatic heterocycles. The molecule has 0 amide bonds. The molecular formula is C12H10N2O. The lowest BCUT2D eigenvalue weighted by Crippen LogP contribution is -2.04. The Morgan fingerprint density at radius 2 is 1.93 bits per heavy atom. The molecule has 0 N–H and O–H groups in total. The van der Waals surface area contributed by atoms with Gasteiger partial charge in [0.05, 0.1) is 0 Å². The standard InChI is InChI=1S/C12H10N2O/c1-9-7-14-6-4-11(9)12(15)10-3-2-5-13-8-10/h2-8H,1H3. The van der Waals surface area contributed by atoms with Crippen molar-refractivity contribution >= 4 is 5.78 Å². The maximum Gasteiger partial charge on any atom is 0.194 e.